The predicted octanol–water partition coefficient (Wildman–Crippen LogP) is 1.31. The molecule has 1 atom stereocenters. The summed E-state index contributed by atoms with van der Waals surface area (Å²) < 4.78 is 1.48. The van der Waals surface area contributed by atoms with Gasteiger partial charge in [-0.3, -0.25) is 9.78 Å². The lowest BCUT2D eigenvalue weighted by Crippen LogP contribution is -2.19. The zero-order valence-corrected chi connectivity index (χ0v) is 11.6. The van der Waals surface area contributed by atoms with Gasteiger partial charge in [-0.25, -0.2) is 0 Å². The van der Waals surface area contributed by atoms with Gasteiger partial charge < -0.3 is 5.11 Å². The van der Waals surface area contributed by atoms with Crippen molar-refractivity contribution in [3.05, 3.63) is 48.3 Å². The summed E-state index contributed by atoms with van der Waals surface area (Å²) in [4.78, 5) is 15.5. The van der Waals surface area contributed by atoms with Crippen LogP contribution in [0, 0.1) is 0 Å². The topological polar surface area (TPSA) is 93.3 Å². The van der Waals surface area contributed by atoms with Crippen molar-refractivity contribution in [2.45, 2.75) is 16.7 Å². The van der Waals surface area contributed by atoms with Crippen molar-refractivity contribution in [2.75, 3.05) is 0 Å². The molecule has 1 N–H and O–H groups in total. The van der Waals surface area contributed by atoms with Crippen molar-refractivity contribution >= 4 is 23.4 Å². The average Bonchev–Trinajstić information content (AvgIpc) is 2.97. The van der Waals surface area contributed by atoms with E-state index in [4.69, 9.17) is 0 Å². The molecule has 3 rings (SSSR count). The molecule has 0 saturated carbocycles. The number of benzene rings is 1. The summed E-state index contributed by atoms with van der Waals surface area (Å²) in [5, 5.41) is 20.6. The van der Waals surface area contributed by atoms with Crippen molar-refractivity contribution in [3.8, 4) is 0 Å². The Morgan fingerprint density at radius 3 is 2.86 bits per heavy atom. The van der Waals surface area contributed by atoms with Crippen molar-refractivity contribution in [1.82, 2.24) is 25.0 Å². The molecule has 0 aliphatic carbocycles. The minimum absolute atomic E-state index is 0.416. The Bertz CT molecular complexity index is 761. The molecule has 1 unspecified atom stereocenters. The molecular formula is C13H11N5O2S. The van der Waals surface area contributed by atoms with E-state index in [1.54, 1.807) is 6.20 Å². The highest BCUT2D eigenvalue weighted by molar-refractivity contribution is 8.00. The Labute approximate surface area is 124 Å². The van der Waals surface area contributed by atoms with Gasteiger partial charge in [-0.1, -0.05) is 42.1 Å². The number of fused-ring (bicyclic) bond motifs is 1. The van der Waals surface area contributed by atoms with Crippen LogP contribution in [0.25, 0.3) is 5.65 Å². The van der Waals surface area contributed by atoms with Gasteiger partial charge in [0.15, 0.2) is 5.65 Å². The molecule has 0 saturated heterocycles. The molecule has 2 aromatic heterocycles. The summed E-state index contributed by atoms with van der Waals surface area (Å²) in [6.07, 6.45) is 3.51. The molecule has 0 aliphatic rings. The third-order valence-corrected chi connectivity index (χ3v) is 4.05. The number of aliphatic carboxylic acids is 1. The molecule has 2 heterocycles. The number of hydrogen-bond acceptors (Lipinski definition) is 6. The first kappa shape index (κ1) is 13.5. The Kier molecular flexibility index (Phi) is 3.78. The summed E-state index contributed by atoms with van der Waals surface area (Å²) >= 11 is 1.18. The Morgan fingerprint density at radius 1 is 1.29 bits per heavy atom. The maximum Gasteiger partial charge on any atom is 0.317 e. The summed E-state index contributed by atoms with van der Waals surface area (Å²) in [6, 6.07) is 9.50. The molecule has 21 heavy (non-hydrogen) atoms. The zero-order valence-electron chi connectivity index (χ0n) is 10.8. The number of nitrogens with zero attached hydrogens (tertiary/aromatic N) is 5. The smallest absolute Gasteiger partial charge is 0.317 e. The molecular weight excluding hydrogens is 290 g/mol. The Morgan fingerprint density at radius 2 is 2.10 bits per heavy atom. The number of tetrazole rings is 1. The molecule has 7 nitrogen and oxygen atoms in total. The Hall–Kier alpha value is -2.48. The molecule has 8 heteroatoms. The van der Waals surface area contributed by atoms with Crippen molar-refractivity contribution in [1.29, 1.82) is 0 Å². The fourth-order valence-electron chi connectivity index (χ4n) is 1.89. The van der Waals surface area contributed by atoms with E-state index in [1.807, 2.05) is 30.3 Å². The van der Waals surface area contributed by atoms with Gasteiger partial charge in [0.2, 0.25) is 0 Å². The first-order valence-corrected chi connectivity index (χ1v) is 7.07. The molecule has 3 aromatic rings. The van der Waals surface area contributed by atoms with Crippen LogP contribution in [0.3, 0.4) is 0 Å². The average molecular weight is 301 g/mol. The fourth-order valence-corrected chi connectivity index (χ4v) is 2.91. The maximum atomic E-state index is 11.5. The third-order valence-electron chi connectivity index (χ3n) is 2.88. The van der Waals surface area contributed by atoms with Gasteiger partial charge in [0.05, 0.1) is 12.4 Å². The van der Waals surface area contributed by atoms with E-state index in [0.29, 0.717) is 17.1 Å². The highest BCUT2D eigenvalue weighted by Gasteiger charge is 2.21. The standard InChI is InChI=1S/C13H11N5O2S/c19-13(20)10(6-9-4-2-1-3-5-9)21-12-8-14-7-11-15-16-17-18(11)12/h1-5,7-8,10H,6H2,(H,19,20). The SMILES string of the molecule is O=C(O)C(Cc1ccccc1)Sc1cncc2nnnn12. The highest BCUT2D eigenvalue weighted by Crippen LogP contribution is 2.25. The largest absolute Gasteiger partial charge is 0.480 e. The summed E-state index contributed by atoms with van der Waals surface area (Å²) in [7, 11) is 0. The molecule has 0 fully saturated rings. The maximum absolute atomic E-state index is 11.5. The van der Waals surface area contributed by atoms with E-state index >= 15 is 0 Å². The first-order valence-electron chi connectivity index (χ1n) is 6.19. The van der Waals surface area contributed by atoms with Gasteiger partial charge in [0.1, 0.15) is 10.3 Å². The highest BCUT2D eigenvalue weighted by atomic mass is 32.2. The van der Waals surface area contributed by atoms with Crippen LogP contribution >= 0.6 is 11.8 Å². The van der Waals surface area contributed by atoms with Crippen LogP contribution in [0.1, 0.15) is 5.56 Å². The number of carbonyl (C=O) groups is 1. The number of carboxylic acid groups (broad SMARTS) is 1. The second kappa shape index (κ2) is 5.88. The van der Waals surface area contributed by atoms with Crippen LogP contribution in [-0.2, 0) is 11.2 Å². The number of carboxylic acids is 1. The third kappa shape index (κ3) is 3.00. The summed E-state index contributed by atoms with van der Waals surface area (Å²) in [5.41, 5.74) is 1.46. The number of thioether (sulfide) groups is 1. The van der Waals surface area contributed by atoms with E-state index in [-0.39, 0.29) is 0 Å². The molecule has 0 bridgehead atoms. The van der Waals surface area contributed by atoms with Crippen LogP contribution in [-0.4, -0.2) is 41.4 Å². The van der Waals surface area contributed by atoms with Crippen LogP contribution in [0.15, 0.2) is 47.8 Å². The van der Waals surface area contributed by atoms with E-state index in [2.05, 4.69) is 20.5 Å². The molecule has 0 radical (unpaired) electrons. The lowest BCUT2D eigenvalue weighted by Gasteiger charge is -2.12. The lowest BCUT2D eigenvalue weighted by atomic mass is 10.1. The number of hydrogen-bond donors (Lipinski definition) is 1. The van der Waals surface area contributed by atoms with Crippen molar-refractivity contribution in [3.63, 3.8) is 0 Å². The zero-order chi connectivity index (χ0) is 14.7. The van der Waals surface area contributed by atoms with Gasteiger partial charge in [0.25, 0.3) is 0 Å². The second-order valence-corrected chi connectivity index (χ2v) is 5.55. The summed E-state index contributed by atoms with van der Waals surface area (Å²) in [5.74, 6) is -0.881. The van der Waals surface area contributed by atoms with Crippen molar-refractivity contribution < 1.29 is 9.90 Å². The van der Waals surface area contributed by atoms with Gasteiger partial charge >= 0.3 is 5.97 Å². The van der Waals surface area contributed by atoms with Gasteiger partial charge in [-0.2, -0.15) is 4.52 Å². The fraction of sp³-hybridized carbons (Fsp3) is 0.154. The monoisotopic (exact) mass is 301 g/mol. The molecule has 0 spiro atoms. The normalized spacial score (nSPS) is 12.4. The quantitative estimate of drug-likeness (QED) is 0.710. The van der Waals surface area contributed by atoms with Gasteiger partial charge in [-0.15, -0.1) is 5.10 Å². The molecule has 0 aliphatic heterocycles. The van der Waals surface area contributed by atoms with E-state index in [0.717, 1.165) is 5.56 Å². The van der Waals surface area contributed by atoms with Gasteiger partial charge in [0, 0.05) is 0 Å². The molecule has 106 valence electrons. The molecule has 1 aromatic carbocycles. The minimum Gasteiger partial charge on any atom is -0.480 e. The lowest BCUT2D eigenvalue weighted by molar-refractivity contribution is -0.136. The van der Waals surface area contributed by atoms with Gasteiger partial charge in [-0.05, 0) is 22.4 Å². The first-order chi connectivity index (χ1) is 10.2. The van der Waals surface area contributed by atoms with E-state index < -0.39 is 11.2 Å². The van der Waals surface area contributed by atoms with Crippen LogP contribution in [0.2, 0.25) is 0 Å². The predicted molar refractivity (Wildman–Crippen MR) is 76.0 cm³/mol. The summed E-state index contributed by atoms with van der Waals surface area (Å²) in [6.45, 7) is 0. The number of rotatable bonds is 5. The van der Waals surface area contributed by atoms with Crippen LogP contribution in [0.4, 0.5) is 0 Å². The Balaban J connectivity index is 1.85. The molecule has 0 amide bonds. The minimum atomic E-state index is -0.881. The van der Waals surface area contributed by atoms with Crippen LogP contribution < -0.4 is 0 Å². The second-order valence-electron chi connectivity index (χ2n) is 4.33. The van der Waals surface area contributed by atoms with Crippen LogP contribution in [0.5, 0.6) is 0 Å². The van der Waals surface area contributed by atoms with E-state index in [1.165, 1.54) is 22.5 Å². The van der Waals surface area contributed by atoms with E-state index in [9.17, 15) is 9.90 Å². The number of aromatic nitrogens is 5. The van der Waals surface area contributed by atoms with Crippen molar-refractivity contribution in [2.24, 2.45) is 0 Å².